The van der Waals surface area contributed by atoms with Crippen molar-refractivity contribution in [2.75, 3.05) is 20.1 Å². The van der Waals surface area contributed by atoms with Crippen LogP contribution in [0.3, 0.4) is 0 Å². The average Bonchev–Trinajstić information content (AvgIpc) is 2.86. The first-order chi connectivity index (χ1) is 11.6. The van der Waals surface area contributed by atoms with Crippen LogP contribution >= 0.6 is 0 Å². The van der Waals surface area contributed by atoms with Gasteiger partial charge >= 0.3 is 0 Å². The Hall–Kier alpha value is -2.76. The number of likely N-dealkylation sites (tertiary alicyclic amines) is 1. The van der Waals surface area contributed by atoms with Gasteiger partial charge < -0.3 is 10.2 Å². The molecule has 1 atom stereocenters. The Kier molecular flexibility index (Phi) is 4.55. The largest absolute Gasteiger partial charge is 0.355 e. The minimum absolute atomic E-state index is 0.165. The number of nitrogens with one attached hydrogen (secondary N) is 1. The summed E-state index contributed by atoms with van der Waals surface area (Å²) >= 11 is 0. The molecule has 1 aliphatic heterocycles. The van der Waals surface area contributed by atoms with Crippen molar-refractivity contribution in [3.05, 3.63) is 42.1 Å². The number of carbonyl (C=O) groups excluding carboxylic acids is 3. The molecule has 1 aromatic carbocycles. The molecule has 1 unspecified atom stereocenters. The highest BCUT2D eigenvalue weighted by Gasteiger charge is 2.41. The molecule has 2 amide bonds. The lowest BCUT2D eigenvalue weighted by Crippen LogP contribution is -2.36. The third kappa shape index (κ3) is 3.27. The third-order valence-corrected chi connectivity index (χ3v) is 4.24. The first-order valence-corrected chi connectivity index (χ1v) is 7.97. The number of para-hydroxylation sites is 1. The molecule has 0 spiro atoms. The number of aryl methyl sites for hydroxylation is 1. The van der Waals surface area contributed by atoms with Crippen LogP contribution in [0.2, 0.25) is 0 Å². The number of hydrogen-bond acceptors (Lipinski definition) is 4. The Labute approximate surface area is 139 Å². The monoisotopic (exact) mass is 325 g/mol. The van der Waals surface area contributed by atoms with Crippen molar-refractivity contribution in [3.8, 4) is 0 Å². The molecule has 1 fully saturated rings. The predicted octanol–water partition coefficient (Wildman–Crippen LogP) is 0.941. The van der Waals surface area contributed by atoms with Gasteiger partial charge in [0.05, 0.1) is 5.52 Å². The smallest absolute Gasteiger partial charge is 0.290 e. The van der Waals surface area contributed by atoms with E-state index in [1.807, 2.05) is 30.5 Å². The summed E-state index contributed by atoms with van der Waals surface area (Å²) in [5.41, 5.74) is 2.07. The van der Waals surface area contributed by atoms with Crippen molar-refractivity contribution in [1.82, 2.24) is 15.2 Å². The van der Waals surface area contributed by atoms with Gasteiger partial charge in [-0.2, -0.15) is 0 Å². The number of hydrogen-bond donors (Lipinski definition) is 1. The van der Waals surface area contributed by atoms with Crippen LogP contribution in [-0.2, 0) is 20.8 Å². The number of carbonyl (C=O) groups is 3. The minimum Gasteiger partial charge on any atom is -0.355 e. The molecule has 2 aromatic rings. The second kappa shape index (κ2) is 6.78. The van der Waals surface area contributed by atoms with Crippen LogP contribution in [0.15, 0.2) is 36.5 Å². The van der Waals surface area contributed by atoms with E-state index >= 15 is 0 Å². The SMILES string of the molecule is CN1CC(C(=O)NCCCc2cnc3ccccc3c2)C(=O)C1=O. The molecule has 1 N–H and O–H groups in total. The van der Waals surface area contributed by atoms with Gasteiger partial charge in [-0.15, -0.1) is 0 Å². The molecule has 6 nitrogen and oxygen atoms in total. The van der Waals surface area contributed by atoms with E-state index in [4.69, 9.17) is 0 Å². The summed E-state index contributed by atoms with van der Waals surface area (Å²) in [7, 11) is 1.53. The number of benzene rings is 1. The van der Waals surface area contributed by atoms with E-state index in [9.17, 15) is 14.4 Å². The van der Waals surface area contributed by atoms with Crippen molar-refractivity contribution >= 4 is 28.5 Å². The first-order valence-electron chi connectivity index (χ1n) is 7.97. The Morgan fingerprint density at radius 1 is 1.33 bits per heavy atom. The van der Waals surface area contributed by atoms with Gasteiger partial charge in [0, 0.05) is 31.7 Å². The minimum atomic E-state index is -0.871. The molecule has 1 aliphatic rings. The molecule has 124 valence electrons. The summed E-state index contributed by atoms with van der Waals surface area (Å²) in [5, 5.41) is 3.84. The van der Waals surface area contributed by atoms with Crippen molar-refractivity contribution in [2.24, 2.45) is 5.92 Å². The summed E-state index contributed by atoms with van der Waals surface area (Å²) < 4.78 is 0. The molecule has 0 bridgehead atoms. The molecule has 1 saturated heterocycles. The van der Waals surface area contributed by atoms with Gasteiger partial charge in [0.2, 0.25) is 11.7 Å². The lowest BCUT2D eigenvalue weighted by molar-refractivity contribution is -0.142. The number of amides is 2. The molecule has 2 heterocycles. The number of pyridine rings is 1. The quantitative estimate of drug-likeness (QED) is 0.504. The molecular weight excluding hydrogens is 306 g/mol. The van der Waals surface area contributed by atoms with Gasteiger partial charge in [0.25, 0.3) is 5.91 Å². The zero-order chi connectivity index (χ0) is 17.1. The summed E-state index contributed by atoms with van der Waals surface area (Å²) in [6.07, 6.45) is 3.38. The second-order valence-electron chi connectivity index (χ2n) is 6.03. The van der Waals surface area contributed by atoms with Crippen molar-refractivity contribution in [3.63, 3.8) is 0 Å². The maximum Gasteiger partial charge on any atom is 0.290 e. The Bertz CT molecular complexity index is 803. The van der Waals surface area contributed by atoms with Crippen LogP contribution in [0.4, 0.5) is 0 Å². The van der Waals surface area contributed by atoms with Gasteiger partial charge in [0.15, 0.2) is 0 Å². The van der Waals surface area contributed by atoms with E-state index in [0.29, 0.717) is 6.54 Å². The topological polar surface area (TPSA) is 79.4 Å². The van der Waals surface area contributed by atoms with Crippen LogP contribution in [0.1, 0.15) is 12.0 Å². The number of likely N-dealkylation sites (N-methyl/N-ethyl adjacent to an activating group) is 1. The van der Waals surface area contributed by atoms with Gasteiger partial charge in [-0.3, -0.25) is 19.4 Å². The highest BCUT2D eigenvalue weighted by molar-refractivity contribution is 6.42. The lowest BCUT2D eigenvalue weighted by atomic mass is 10.1. The molecular formula is C18H19N3O3. The molecule has 0 saturated carbocycles. The highest BCUT2D eigenvalue weighted by Crippen LogP contribution is 2.14. The Morgan fingerprint density at radius 3 is 2.88 bits per heavy atom. The van der Waals surface area contributed by atoms with Crippen molar-refractivity contribution in [2.45, 2.75) is 12.8 Å². The zero-order valence-electron chi connectivity index (χ0n) is 13.5. The average molecular weight is 325 g/mol. The molecule has 1 aromatic heterocycles. The number of ketones is 1. The van der Waals surface area contributed by atoms with Crippen molar-refractivity contribution in [1.29, 1.82) is 0 Å². The summed E-state index contributed by atoms with van der Waals surface area (Å²) in [6, 6.07) is 10.0. The summed E-state index contributed by atoms with van der Waals surface area (Å²) in [4.78, 5) is 40.8. The summed E-state index contributed by atoms with van der Waals surface area (Å²) in [6.45, 7) is 0.630. The first kappa shape index (κ1) is 16.1. The van der Waals surface area contributed by atoms with E-state index in [-0.39, 0.29) is 12.5 Å². The van der Waals surface area contributed by atoms with Gasteiger partial charge in [-0.25, -0.2) is 0 Å². The van der Waals surface area contributed by atoms with Gasteiger partial charge in [-0.1, -0.05) is 18.2 Å². The molecule has 0 aliphatic carbocycles. The van der Waals surface area contributed by atoms with E-state index in [1.165, 1.54) is 11.9 Å². The van der Waals surface area contributed by atoms with Crippen LogP contribution in [0.25, 0.3) is 10.9 Å². The van der Waals surface area contributed by atoms with E-state index in [2.05, 4.69) is 16.4 Å². The maximum absolute atomic E-state index is 12.0. The number of Topliss-reactive ketones (excluding diaryl/α,β-unsaturated/α-hetero) is 1. The normalized spacial score (nSPS) is 17.5. The molecule has 24 heavy (non-hydrogen) atoms. The predicted molar refractivity (Wildman–Crippen MR) is 89.2 cm³/mol. The second-order valence-corrected chi connectivity index (χ2v) is 6.03. The number of aromatic nitrogens is 1. The summed E-state index contributed by atoms with van der Waals surface area (Å²) in [5.74, 6) is -2.44. The zero-order valence-corrected chi connectivity index (χ0v) is 13.5. The number of nitrogens with zero attached hydrogens (tertiary/aromatic N) is 2. The Balaban J connectivity index is 1.49. The maximum atomic E-state index is 12.0. The fraction of sp³-hybridized carbons (Fsp3) is 0.333. The standard InChI is InChI=1S/C18H19N3O3/c1-21-11-14(16(22)18(21)24)17(23)19-8-4-5-12-9-13-6-2-3-7-15(13)20-10-12/h2-3,6-7,9-10,14H,4-5,8,11H2,1H3,(H,19,23). The van der Waals surface area contributed by atoms with Crippen LogP contribution in [0, 0.1) is 5.92 Å². The lowest BCUT2D eigenvalue weighted by Gasteiger charge is -2.10. The van der Waals surface area contributed by atoms with Crippen LogP contribution in [-0.4, -0.2) is 47.6 Å². The highest BCUT2D eigenvalue weighted by atomic mass is 16.2. The van der Waals surface area contributed by atoms with Gasteiger partial charge in [-0.05, 0) is 30.5 Å². The number of rotatable bonds is 5. The van der Waals surface area contributed by atoms with Crippen LogP contribution < -0.4 is 5.32 Å². The van der Waals surface area contributed by atoms with E-state index in [1.54, 1.807) is 0 Å². The fourth-order valence-corrected chi connectivity index (χ4v) is 2.86. The van der Waals surface area contributed by atoms with Gasteiger partial charge in [0.1, 0.15) is 5.92 Å². The third-order valence-electron chi connectivity index (χ3n) is 4.24. The molecule has 3 rings (SSSR count). The van der Waals surface area contributed by atoms with E-state index < -0.39 is 17.6 Å². The molecule has 6 heteroatoms. The van der Waals surface area contributed by atoms with Crippen molar-refractivity contribution < 1.29 is 14.4 Å². The fourth-order valence-electron chi connectivity index (χ4n) is 2.86. The van der Waals surface area contributed by atoms with E-state index in [0.717, 1.165) is 29.3 Å². The Morgan fingerprint density at radius 2 is 2.12 bits per heavy atom. The number of fused-ring (bicyclic) bond motifs is 1. The van der Waals surface area contributed by atoms with Crippen LogP contribution in [0.5, 0.6) is 0 Å². The molecule has 0 radical (unpaired) electrons.